The van der Waals surface area contributed by atoms with Crippen LogP contribution in [0.3, 0.4) is 0 Å². The molecule has 0 aliphatic carbocycles. The van der Waals surface area contributed by atoms with Crippen LogP contribution in [0.2, 0.25) is 10.0 Å². The summed E-state index contributed by atoms with van der Waals surface area (Å²) in [5, 5.41) is 0.768. The van der Waals surface area contributed by atoms with E-state index in [1.807, 2.05) is 0 Å². The Morgan fingerprint density at radius 2 is 1.92 bits per heavy atom. The average Bonchev–Trinajstić information content (AvgIpc) is 2.08. The Labute approximate surface area is 85.2 Å². The maximum absolute atomic E-state index is 12.9. The fraction of sp³-hybridized carbons (Fsp3) is 0.250. The van der Waals surface area contributed by atoms with Gasteiger partial charge < -0.3 is 0 Å². The van der Waals surface area contributed by atoms with Crippen molar-refractivity contribution in [3.63, 3.8) is 0 Å². The molecular formula is C8H6Cl3F. The molecular weight excluding hydrogens is 221 g/mol. The van der Waals surface area contributed by atoms with Crippen LogP contribution < -0.4 is 0 Å². The molecule has 0 heterocycles. The molecule has 1 aromatic carbocycles. The smallest absolute Gasteiger partial charge is 0.139 e. The monoisotopic (exact) mass is 226 g/mol. The molecule has 66 valence electrons. The van der Waals surface area contributed by atoms with Gasteiger partial charge in [0.05, 0.1) is 15.9 Å². The lowest BCUT2D eigenvalue weighted by molar-refractivity contribution is 0.378. The van der Waals surface area contributed by atoms with Gasteiger partial charge in [-0.25, -0.2) is 4.39 Å². The molecule has 0 fully saturated rings. The Hall–Kier alpha value is 0.0200. The van der Waals surface area contributed by atoms with Crippen molar-refractivity contribution in [3.05, 3.63) is 33.8 Å². The maximum atomic E-state index is 12.9. The van der Waals surface area contributed by atoms with Crippen molar-refractivity contribution in [1.82, 2.24) is 0 Å². The van der Waals surface area contributed by atoms with Crippen molar-refractivity contribution in [2.24, 2.45) is 0 Å². The zero-order valence-electron chi connectivity index (χ0n) is 6.03. The highest BCUT2D eigenvalue weighted by Gasteiger charge is 2.09. The van der Waals surface area contributed by atoms with Gasteiger partial charge in [-0.2, -0.15) is 0 Å². The first-order valence-electron chi connectivity index (χ1n) is 3.30. The largest absolute Gasteiger partial charge is 0.241 e. The summed E-state index contributed by atoms with van der Waals surface area (Å²) in [6.07, 6.45) is -1.18. The zero-order valence-corrected chi connectivity index (χ0v) is 8.30. The second kappa shape index (κ2) is 4.31. The molecule has 1 rings (SSSR count). The first-order chi connectivity index (χ1) is 5.65. The van der Waals surface area contributed by atoms with E-state index < -0.39 is 6.17 Å². The lowest BCUT2D eigenvalue weighted by Crippen LogP contribution is -1.92. The van der Waals surface area contributed by atoms with Crippen LogP contribution in [0.5, 0.6) is 0 Å². The van der Waals surface area contributed by atoms with Gasteiger partial charge in [-0.15, -0.1) is 11.6 Å². The van der Waals surface area contributed by atoms with Crippen molar-refractivity contribution in [1.29, 1.82) is 0 Å². The normalized spacial score (nSPS) is 13.0. The zero-order chi connectivity index (χ0) is 9.14. The molecule has 0 nitrogen and oxygen atoms in total. The third-order valence-corrected chi connectivity index (χ3v) is 2.45. The van der Waals surface area contributed by atoms with Gasteiger partial charge in [0, 0.05) is 0 Å². The first kappa shape index (κ1) is 10.1. The molecule has 0 aliphatic rings. The SMILES string of the molecule is FC(CCl)c1ccc(Cl)c(Cl)c1. The van der Waals surface area contributed by atoms with E-state index in [4.69, 9.17) is 34.8 Å². The summed E-state index contributed by atoms with van der Waals surface area (Å²) in [6.45, 7) is 0. The Morgan fingerprint density at radius 1 is 1.25 bits per heavy atom. The molecule has 0 bridgehead atoms. The van der Waals surface area contributed by atoms with Crippen LogP contribution in [-0.4, -0.2) is 5.88 Å². The van der Waals surface area contributed by atoms with E-state index in [9.17, 15) is 4.39 Å². The van der Waals surface area contributed by atoms with Gasteiger partial charge in [0.15, 0.2) is 0 Å². The van der Waals surface area contributed by atoms with E-state index in [1.54, 1.807) is 12.1 Å². The highest BCUT2D eigenvalue weighted by Crippen LogP contribution is 2.27. The lowest BCUT2D eigenvalue weighted by Gasteiger charge is -2.04. The molecule has 0 radical (unpaired) electrons. The van der Waals surface area contributed by atoms with Crippen LogP contribution in [0.25, 0.3) is 0 Å². The molecule has 12 heavy (non-hydrogen) atoms. The van der Waals surface area contributed by atoms with Crippen LogP contribution in [0.15, 0.2) is 18.2 Å². The summed E-state index contributed by atoms with van der Waals surface area (Å²) in [5.74, 6) is -0.0715. The summed E-state index contributed by atoms with van der Waals surface area (Å²) < 4.78 is 12.9. The average molecular weight is 227 g/mol. The van der Waals surface area contributed by atoms with Gasteiger partial charge >= 0.3 is 0 Å². The van der Waals surface area contributed by atoms with Crippen molar-refractivity contribution in [2.45, 2.75) is 6.17 Å². The predicted molar refractivity (Wildman–Crippen MR) is 51.0 cm³/mol. The maximum Gasteiger partial charge on any atom is 0.139 e. The number of alkyl halides is 2. The van der Waals surface area contributed by atoms with E-state index >= 15 is 0 Å². The van der Waals surface area contributed by atoms with Crippen molar-refractivity contribution in [3.8, 4) is 0 Å². The summed E-state index contributed by atoms with van der Waals surface area (Å²) in [6, 6.07) is 4.61. The summed E-state index contributed by atoms with van der Waals surface area (Å²) >= 11 is 16.6. The van der Waals surface area contributed by atoms with E-state index in [0.717, 1.165) is 0 Å². The van der Waals surface area contributed by atoms with E-state index in [-0.39, 0.29) is 5.88 Å². The summed E-state index contributed by atoms with van der Waals surface area (Å²) in [4.78, 5) is 0. The Morgan fingerprint density at radius 3 is 2.42 bits per heavy atom. The number of benzene rings is 1. The highest BCUT2D eigenvalue weighted by atomic mass is 35.5. The quantitative estimate of drug-likeness (QED) is 0.663. The van der Waals surface area contributed by atoms with Gasteiger partial charge in [-0.3, -0.25) is 0 Å². The van der Waals surface area contributed by atoms with Crippen LogP contribution in [0, 0.1) is 0 Å². The predicted octanol–water partition coefficient (Wildman–Crippen LogP) is 4.24. The second-order valence-corrected chi connectivity index (χ2v) is 3.42. The third-order valence-electron chi connectivity index (χ3n) is 1.44. The van der Waals surface area contributed by atoms with Gasteiger partial charge in [-0.05, 0) is 17.7 Å². The lowest BCUT2D eigenvalue weighted by atomic mass is 10.1. The van der Waals surface area contributed by atoms with E-state index in [0.29, 0.717) is 15.6 Å². The molecule has 0 amide bonds. The second-order valence-electron chi connectivity index (χ2n) is 2.30. The fourth-order valence-electron chi connectivity index (χ4n) is 0.796. The third kappa shape index (κ3) is 2.25. The molecule has 1 aromatic rings. The molecule has 4 heteroatoms. The topological polar surface area (TPSA) is 0 Å². The van der Waals surface area contributed by atoms with Crippen LogP contribution in [0.4, 0.5) is 4.39 Å². The fourth-order valence-corrected chi connectivity index (χ4v) is 1.28. The van der Waals surface area contributed by atoms with Crippen LogP contribution >= 0.6 is 34.8 Å². The standard InChI is InChI=1S/C8H6Cl3F/c9-4-8(12)5-1-2-6(10)7(11)3-5/h1-3,8H,4H2. The minimum atomic E-state index is -1.18. The minimum absolute atomic E-state index is 0.0715. The molecule has 0 spiro atoms. The summed E-state index contributed by atoms with van der Waals surface area (Å²) in [7, 11) is 0. The molecule has 0 aromatic heterocycles. The highest BCUT2D eigenvalue weighted by molar-refractivity contribution is 6.42. The number of hydrogen-bond donors (Lipinski definition) is 0. The Balaban J connectivity index is 2.96. The number of hydrogen-bond acceptors (Lipinski definition) is 0. The molecule has 0 N–H and O–H groups in total. The molecule has 0 saturated heterocycles. The van der Waals surface area contributed by atoms with Crippen LogP contribution in [0.1, 0.15) is 11.7 Å². The summed E-state index contributed by atoms with van der Waals surface area (Å²) in [5.41, 5.74) is 0.458. The Kier molecular flexibility index (Phi) is 3.63. The van der Waals surface area contributed by atoms with Gasteiger partial charge in [0.25, 0.3) is 0 Å². The van der Waals surface area contributed by atoms with Crippen molar-refractivity contribution < 1.29 is 4.39 Å². The van der Waals surface area contributed by atoms with Crippen molar-refractivity contribution >= 4 is 34.8 Å². The van der Waals surface area contributed by atoms with Gasteiger partial charge in [0.2, 0.25) is 0 Å². The molecule has 0 aliphatic heterocycles. The van der Waals surface area contributed by atoms with Crippen molar-refractivity contribution in [2.75, 3.05) is 5.88 Å². The molecule has 0 saturated carbocycles. The Bertz CT molecular complexity index is 275. The van der Waals surface area contributed by atoms with E-state index in [2.05, 4.69) is 0 Å². The number of halogens is 4. The molecule has 1 atom stereocenters. The number of rotatable bonds is 2. The van der Waals surface area contributed by atoms with Crippen LogP contribution in [-0.2, 0) is 0 Å². The van der Waals surface area contributed by atoms with E-state index in [1.165, 1.54) is 6.07 Å². The van der Waals surface area contributed by atoms with Gasteiger partial charge in [0.1, 0.15) is 6.17 Å². The van der Waals surface area contributed by atoms with Gasteiger partial charge in [-0.1, -0.05) is 29.3 Å². The first-order valence-corrected chi connectivity index (χ1v) is 4.59. The minimum Gasteiger partial charge on any atom is -0.241 e. The molecule has 1 unspecified atom stereocenters.